The lowest BCUT2D eigenvalue weighted by Crippen LogP contribution is -2.23. The summed E-state index contributed by atoms with van der Waals surface area (Å²) >= 11 is 0. The molecular weight excluding hydrogens is 164 g/mol. The van der Waals surface area contributed by atoms with Crippen LogP contribution in [0.2, 0.25) is 0 Å². The fourth-order valence-corrected chi connectivity index (χ4v) is 1.42. The molecule has 0 aromatic carbocycles. The first-order valence-corrected chi connectivity index (χ1v) is 5.02. The van der Waals surface area contributed by atoms with Crippen molar-refractivity contribution in [2.24, 2.45) is 11.8 Å². The Labute approximate surface area is 80.7 Å². The van der Waals surface area contributed by atoms with E-state index in [-0.39, 0.29) is 17.5 Å². The molecule has 0 aromatic heterocycles. The lowest BCUT2D eigenvalue weighted by Gasteiger charge is -2.14. The fourth-order valence-electron chi connectivity index (χ4n) is 1.42. The number of Topliss-reactive ketones (excluding diaryl/α,β-unsaturated/α-hetero) is 2. The Morgan fingerprint density at radius 3 is 2.08 bits per heavy atom. The largest absolute Gasteiger partial charge is 0.299 e. The first kappa shape index (κ1) is 12.3. The van der Waals surface area contributed by atoms with Crippen LogP contribution in [0.3, 0.4) is 0 Å². The molecule has 0 radical (unpaired) electrons. The zero-order valence-electron chi connectivity index (χ0n) is 9.09. The van der Waals surface area contributed by atoms with E-state index in [0.717, 1.165) is 6.42 Å². The predicted octanol–water partition coefficient (Wildman–Crippen LogP) is 2.61. The summed E-state index contributed by atoms with van der Waals surface area (Å²) in [6.07, 6.45) is 2.08. The van der Waals surface area contributed by atoms with E-state index in [1.165, 1.54) is 6.92 Å². The van der Waals surface area contributed by atoms with E-state index < -0.39 is 0 Å². The zero-order chi connectivity index (χ0) is 10.4. The molecule has 76 valence electrons. The molecule has 1 unspecified atom stereocenters. The van der Waals surface area contributed by atoms with Gasteiger partial charge in [-0.2, -0.15) is 0 Å². The van der Waals surface area contributed by atoms with E-state index in [4.69, 9.17) is 0 Å². The molecule has 0 heterocycles. The van der Waals surface area contributed by atoms with Crippen LogP contribution in [0.4, 0.5) is 0 Å². The lowest BCUT2D eigenvalue weighted by atomic mass is 9.88. The van der Waals surface area contributed by atoms with E-state index in [0.29, 0.717) is 18.8 Å². The van der Waals surface area contributed by atoms with E-state index in [2.05, 4.69) is 0 Å². The van der Waals surface area contributed by atoms with Crippen LogP contribution >= 0.6 is 0 Å². The first-order chi connectivity index (χ1) is 5.99. The van der Waals surface area contributed by atoms with Crippen LogP contribution in [0, 0.1) is 11.8 Å². The van der Waals surface area contributed by atoms with Gasteiger partial charge < -0.3 is 0 Å². The third-order valence-electron chi connectivity index (χ3n) is 2.08. The van der Waals surface area contributed by atoms with Gasteiger partial charge in [-0.3, -0.25) is 9.59 Å². The van der Waals surface area contributed by atoms with Gasteiger partial charge in [0.1, 0.15) is 11.6 Å². The minimum atomic E-state index is -0.347. The molecular formula is C11H20O2. The smallest absolute Gasteiger partial charge is 0.143 e. The minimum absolute atomic E-state index is 0.0205. The van der Waals surface area contributed by atoms with Crippen molar-refractivity contribution >= 4 is 11.6 Å². The molecule has 0 bridgehead atoms. The minimum Gasteiger partial charge on any atom is -0.299 e. The van der Waals surface area contributed by atoms with Crippen LogP contribution < -0.4 is 0 Å². The number of ketones is 2. The quantitative estimate of drug-likeness (QED) is 0.595. The van der Waals surface area contributed by atoms with Gasteiger partial charge in [0.25, 0.3) is 0 Å². The predicted molar refractivity (Wildman–Crippen MR) is 53.5 cm³/mol. The molecule has 2 heteroatoms. The van der Waals surface area contributed by atoms with Crippen molar-refractivity contribution in [3.63, 3.8) is 0 Å². The third-order valence-corrected chi connectivity index (χ3v) is 2.08. The standard InChI is InChI=1S/C11H20O2/c1-5-6-11(13)10(9(4)12)7-8(2)3/h8,10H,5-7H2,1-4H3. The Bertz CT molecular complexity index is 183. The molecule has 0 aromatic rings. The monoisotopic (exact) mass is 184 g/mol. The van der Waals surface area contributed by atoms with Crippen LogP contribution in [0.25, 0.3) is 0 Å². The van der Waals surface area contributed by atoms with Crippen LogP contribution in [0.15, 0.2) is 0 Å². The Morgan fingerprint density at radius 1 is 1.23 bits per heavy atom. The van der Waals surface area contributed by atoms with E-state index in [9.17, 15) is 9.59 Å². The summed E-state index contributed by atoms with van der Waals surface area (Å²) in [5.74, 6) is 0.200. The van der Waals surface area contributed by atoms with E-state index in [1.807, 2.05) is 20.8 Å². The van der Waals surface area contributed by atoms with Crippen molar-refractivity contribution in [2.45, 2.75) is 47.0 Å². The third kappa shape index (κ3) is 4.81. The molecule has 0 saturated heterocycles. The van der Waals surface area contributed by atoms with Crippen LogP contribution in [0.5, 0.6) is 0 Å². The highest BCUT2D eigenvalue weighted by Gasteiger charge is 2.22. The van der Waals surface area contributed by atoms with E-state index >= 15 is 0 Å². The van der Waals surface area contributed by atoms with Gasteiger partial charge >= 0.3 is 0 Å². The second-order valence-electron chi connectivity index (χ2n) is 4.01. The average Bonchev–Trinajstić information content (AvgIpc) is 1.99. The highest BCUT2D eigenvalue weighted by molar-refractivity contribution is 6.01. The zero-order valence-corrected chi connectivity index (χ0v) is 9.09. The molecule has 13 heavy (non-hydrogen) atoms. The summed E-state index contributed by atoms with van der Waals surface area (Å²) in [7, 11) is 0. The number of hydrogen-bond acceptors (Lipinski definition) is 2. The first-order valence-electron chi connectivity index (χ1n) is 5.02. The topological polar surface area (TPSA) is 34.1 Å². The summed E-state index contributed by atoms with van der Waals surface area (Å²) in [4.78, 5) is 22.7. The average molecular weight is 184 g/mol. The maximum Gasteiger partial charge on any atom is 0.143 e. The summed E-state index contributed by atoms with van der Waals surface area (Å²) < 4.78 is 0. The molecule has 0 aliphatic carbocycles. The molecule has 0 amide bonds. The van der Waals surface area contributed by atoms with Crippen molar-refractivity contribution in [3.05, 3.63) is 0 Å². The van der Waals surface area contributed by atoms with Crippen molar-refractivity contribution in [1.82, 2.24) is 0 Å². The fraction of sp³-hybridized carbons (Fsp3) is 0.818. The van der Waals surface area contributed by atoms with Gasteiger partial charge in [0.2, 0.25) is 0 Å². The maximum absolute atomic E-state index is 11.5. The Hall–Kier alpha value is -0.660. The summed E-state index contributed by atoms with van der Waals surface area (Å²) in [5, 5.41) is 0. The second-order valence-corrected chi connectivity index (χ2v) is 4.01. The lowest BCUT2D eigenvalue weighted by molar-refractivity contribution is -0.132. The van der Waals surface area contributed by atoms with Crippen molar-refractivity contribution in [1.29, 1.82) is 0 Å². The van der Waals surface area contributed by atoms with Gasteiger partial charge in [-0.15, -0.1) is 0 Å². The number of carbonyl (C=O) groups is 2. The highest BCUT2D eigenvalue weighted by Crippen LogP contribution is 2.16. The van der Waals surface area contributed by atoms with Gasteiger partial charge in [-0.05, 0) is 25.7 Å². The van der Waals surface area contributed by atoms with Crippen molar-refractivity contribution in [3.8, 4) is 0 Å². The molecule has 0 fully saturated rings. The summed E-state index contributed by atoms with van der Waals surface area (Å²) in [6.45, 7) is 7.55. The summed E-state index contributed by atoms with van der Waals surface area (Å²) in [5.41, 5.74) is 0. The maximum atomic E-state index is 11.5. The SMILES string of the molecule is CCCC(=O)C(CC(C)C)C(C)=O. The van der Waals surface area contributed by atoms with Gasteiger partial charge in [0, 0.05) is 6.42 Å². The second kappa shape index (κ2) is 5.90. The van der Waals surface area contributed by atoms with Crippen LogP contribution in [-0.4, -0.2) is 11.6 Å². The molecule has 0 spiro atoms. The van der Waals surface area contributed by atoms with Gasteiger partial charge in [-0.25, -0.2) is 0 Å². The normalized spacial score (nSPS) is 13.0. The molecule has 0 aliphatic heterocycles. The number of hydrogen-bond donors (Lipinski definition) is 0. The molecule has 1 atom stereocenters. The number of carbonyl (C=O) groups excluding carboxylic acids is 2. The van der Waals surface area contributed by atoms with Gasteiger partial charge in [0.05, 0.1) is 5.92 Å². The van der Waals surface area contributed by atoms with Gasteiger partial charge in [-0.1, -0.05) is 20.8 Å². The van der Waals surface area contributed by atoms with Crippen LogP contribution in [0.1, 0.15) is 47.0 Å². The number of rotatable bonds is 6. The molecule has 0 rings (SSSR count). The summed E-state index contributed by atoms with van der Waals surface area (Å²) in [6, 6.07) is 0. The Kier molecular flexibility index (Phi) is 5.60. The molecule has 0 aliphatic rings. The molecule has 2 nitrogen and oxygen atoms in total. The highest BCUT2D eigenvalue weighted by atomic mass is 16.1. The van der Waals surface area contributed by atoms with Crippen LogP contribution in [-0.2, 0) is 9.59 Å². The van der Waals surface area contributed by atoms with Gasteiger partial charge in [0.15, 0.2) is 0 Å². The van der Waals surface area contributed by atoms with Crippen molar-refractivity contribution < 1.29 is 9.59 Å². The molecule has 0 N–H and O–H groups in total. The van der Waals surface area contributed by atoms with E-state index in [1.54, 1.807) is 0 Å². The Balaban J connectivity index is 4.24. The molecule has 0 saturated carbocycles. The van der Waals surface area contributed by atoms with Crippen molar-refractivity contribution in [2.75, 3.05) is 0 Å². The Morgan fingerprint density at radius 2 is 1.77 bits per heavy atom.